The van der Waals surface area contributed by atoms with Crippen molar-refractivity contribution in [3.63, 3.8) is 0 Å². The van der Waals surface area contributed by atoms with Gasteiger partial charge in [-0.1, -0.05) is 6.08 Å². The first-order valence-corrected chi connectivity index (χ1v) is 8.59. The molecule has 8 nitrogen and oxygen atoms in total. The van der Waals surface area contributed by atoms with Gasteiger partial charge >= 0.3 is 5.69 Å². The van der Waals surface area contributed by atoms with Gasteiger partial charge in [-0.15, -0.1) is 0 Å². The first-order valence-electron chi connectivity index (χ1n) is 8.59. The van der Waals surface area contributed by atoms with Crippen LogP contribution < -0.4 is 9.64 Å². The van der Waals surface area contributed by atoms with Gasteiger partial charge in [0.15, 0.2) is 11.5 Å². The van der Waals surface area contributed by atoms with Gasteiger partial charge in [0.2, 0.25) is 11.7 Å². The molecule has 0 saturated carbocycles. The van der Waals surface area contributed by atoms with Crippen LogP contribution in [0.15, 0.2) is 42.5 Å². The highest BCUT2D eigenvalue weighted by Gasteiger charge is 2.22. The van der Waals surface area contributed by atoms with E-state index in [1.165, 1.54) is 25.3 Å². The van der Waals surface area contributed by atoms with E-state index in [0.717, 1.165) is 18.2 Å². The summed E-state index contributed by atoms with van der Waals surface area (Å²) in [6.45, 7) is 0.674. The molecule has 0 aliphatic carbocycles. The van der Waals surface area contributed by atoms with Crippen LogP contribution in [0.3, 0.4) is 0 Å². The smallest absolute Gasteiger partial charge is 0.315 e. The van der Waals surface area contributed by atoms with Gasteiger partial charge in [0.1, 0.15) is 0 Å². The van der Waals surface area contributed by atoms with Crippen molar-refractivity contribution in [1.82, 2.24) is 0 Å². The molecule has 1 aliphatic rings. The van der Waals surface area contributed by atoms with E-state index < -0.39 is 16.4 Å². The first-order chi connectivity index (χ1) is 13.4. The number of hydrogen-bond donors (Lipinski definition) is 1. The van der Waals surface area contributed by atoms with E-state index in [2.05, 4.69) is 0 Å². The average molecular weight is 382 g/mol. The number of allylic oxidation sites excluding steroid dienone is 1. The predicted molar refractivity (Wildman–Crippen MR) is 103 cm³/mol. The maximum absolute atomic E-state index is 12.4. The molecule has 1 aliphatic heterocycles. The van der Waals surface area contributed by atoms with Crippen LogP contribution in [-0.2, 0) is 4.79 Å². The third kappa shape index (κ3) is 3.85. The summed E-state index contributed by atoms with van der Waals surface area (Å²) in [4.78, 5) is 36.1. The predicted octanol–water partition coefficient (Wildman–Crippen LogP) is 3.33. The first kappa shape index (κ1) is 19.1. The summed E-state index contributed by atoms with van der Waals surface area (Å²) in [5, 5.41) is 20.8. The molecule has 1 fully saturated rings. The number of ketones is 1. The topological polar surface area (TPSA) is 110 Å². The Labute approximate surface area is 160 Å². The number of carbonyl (C=O) groups is 2. The third-order valence-corrected chi connectivity index (χ3v) is 4.46. The Kier molecular flexibility index (Phi) is 5.39. The normalized spacial score (nSPS) is 13.9. The quantitative estimate of drug-likeness (QED) is 0.355. The second-order valence-corrected chi connectivity index (χ2v) is 6.24. The number of nitro benzene ring substituents is 1. The number of phenols is 1. The second-order valence-electron chi connectivity index (χ2n) is 6.24. The summed E-state index contributed by atoms with van der Waals surface area (Å²) in [5.74, 6) is -0.847. The molecule has 0 bridgehead atoms. The van der Waals surface area contributed by atoms with E-state index in [4.69, 9.17) is 4.74 Å². The minimum absolute atomic E-state index is 0.0547. The fourth-order valence-electron chi connectivity index (χ4n) is 3.00. The Morgan fingerprint density at radius 2 is 2.00 bits per heavy atom. The van der Waals surface area contributed by atoms with Gasteiger partial charge in [0.05, 0.1) is 12.0 Å². The Morgan fingerprint density at radius 1 is 1.29 bits per heavy atom. The van der Waals surface area contributed by atoms with E-state index in [1.807, 2.05) is 0 Å². The van der Waals surface area contributed by atoms with Crippen LogP contribution in [0.25, 0.3) is 6.08 Å². The molecule has 8 heteroatoms. The molecule has 1 heterocycles. The average Bonchev–Trinajstić information content (AvgIpc) is 3.12. The van der Waals surface area contributed by atoms with E-state index in [1.54, 1.807) is 29.2 Å². The third-order valence-electron chi connectivity index (χ3n) is 4.46. The Bertz CT molecular complexity index is 965. The fourth-order valence-corrected chi connectivity index (χ4v) is 3.00. The molecule has 2 aromatic carbocycles. The van der Waals surface area contributed by atoms with Gasteiger partial charge in [0, 0.05) is 30.3 Å². The van der Waals surface area contributed by atoms with Crippen molar-refractivity contribution in [2.45, 2.75) is 12.8 Å². The minimum Gasteiger partial charge on any atom is -0.500 e. The van der Waals surface area contributed by atoms with Gasteiger partial charge in [-0.05, 0) is 48.4 Å². The van der Waals surface area contributed by atoms with Crippen LogP contribution in [0.1, 0.15) is 28.8 Å². The lowest BCUT2D eigenvalue weighted by atomic mass is 10.1. The molecule has 1 saturated heterocycles. The van der Waals surface area contributed by atoms with Crippen molar-refractivity contribution < 1.29 is 24.4 Å². The summed E-state index contributed by atoms with van der Waals surface area (Å²) in [5.41, 5.74) is 1.01. The molecule has 2 aromatic rings. The van der Waals surface area contributed by atoms with Gasteiger partial charge < -0.3 is 14.7 Å². The number of phenolic OH excluding ortho intramolecular Hbond substituents is 1. The summed E-state index contributed by atoms with van der Waals surface area (Å²) in [7, 11) is 1.28. The summed E-state index contributed by atoms with van der Waals surface area (Å²) >= 11 is 0. The molecular weight excluding hydrogens is 364 g/mol. The van der Waals surface area contributed by atoms with E-state index in [-0.39, 0.29) is 17.4 Å². The minimum atomic E-state index is -0.727. The van der Waals surface area contributed by atoms with Crippen molar-refractivity contribution in [2.75, 3.05) is 18.6 Å². The zero-order valence-corrected chi connectivity index (χ0v) is 15.1. The van der Waals surface area contributed by atoms with Crippen LogP contribution in [0.2, 0.25) is 0 Å². The zero-order valence-electron chi connectivity index (χ0n) is 15.1. The Balaban J connectivity index is 1.79. The number of hydrogen-bond acceptors (Lipinski definition) is 6. The van der Waals surface area contributed by atoms with Gasteiger partial charge in [-0.2, -0.15) is 0 Å². The largest absolute Gasteiger partial charge is 0.500 e. The number of aromatic hydroxyl groups is 1. The monoisotopic (exact) mass is 382 g/mol. The maximum atomic E-state index is 12.4. The Morgan fingerprint density at radius 3 is 2.57 bits per heavy atom. The summed E-state index contributed by atoms with van der Waals surface area (Å²) < 4.78 is 4.93. The Hall–Kier alpha value is -3.68. The number of rotatable bonds is 6. The molecular formula is C20H18N2O6. The van der Waals surface area contributed by atoms with E-state index in [0.29, 0.717) is 24.1 Å². The highest BCUT2D eigenvalue weighted by molar-refractivity contribution is 6.07. The highest BCUT2D eigenvalue weighted by Crippen LogP contribution is 2.37. The van der Waals surface area contributed by atoms with Gasteiger partial charge in [-0.25, -0.2) is 0 Å². The van der Waals surface area contributed by atoms with Crippen molar-refractivity contribution in [2.24, 2.45) is 0 Å². The van der Waals surface area contributed by atoms with Crippen molar-refractivity contribution in [3.8, 4) is 11.5 Å². The summed E-state index contributed by atoms with van der Waals surface area (Å²) in [6.07, 6.45) is 4.05. The van der Waals surface area contributed by atoms with Crippen LogP contribution in [0, 0.1) is 10.1 Å². The van der Waals surface area contributed by atoms with Gasteiger partial charge in [-0.3, -0.25) is 19.7 Å². The SMILES string of the molecule is COc1cc(/C=C/C(=O)c2ccc(N3CCCC3=O)cc2)cc([N+](=O)[O-])c1O. The lowest BCUT2D eigenvalue weighted by Gasteiger charge is -2.15. The van der Waals surface area contributed by atoms with Crippen molar-refractivity contribution >= 4 is 29.1 Å². The molecule has 0 spiro atoms. The molecule has 0 aromatic heterocycles. The van der Waals surface area contributed by atoms with Crippen LogP contribution >= 0.6 is 0 Å². The second kappa shape index (κ2) is 7.91. The van der Waals surface area contributed by atoms with Crippen LogP contribution in [0.4, 0.5) is 11.4 Å². The van der Waals surface area contributed by atoms with E-state index in [9.17, 15) is 24.8 Å². The maximum Gasteiger partial charge on any atom is 0.315 e. The number of anilines is 1. The van der Waals surface area contributed by atoms with Crippen molar-refractivity contribution in [3.05, 3.63) is 63.7 Å². The number of methoxy groups -OCH3 is 1. The molecule has 0 unspecified atom stereocenters. The van der Waals surface area contributed by atoms with Gasteiger partial charge in [0.25, 0.3) is 0 Å². The zero-order chi connectivity index (χ0) is 20.3. The number of benzene rings is 2. The molecule has 0 radical (unpaired) electrons. The number of carbonyl (C=O) groups excluding carboxylic acids is 2. The molecule has 144 valence electrons. The molecule has 3 rings (SSSR count). The number of amides is 1. The van der Waals surface area contributed by atoms with Crippen LogP contribution in [0.5, 0.6) is 11.5 Å². The van der Waals surface area contributed by atoms with Crippen LogP contribution in [-0.4, -0.2) is 35.4 Å². The summed E-state index contributed by atoms with van der Waals surface area (Å²) in [6, 6.07) is 9.26. The molecule has 0 atom stereocenters. The number of nitrogens with zero attached hydrogens (tertiary/aromatic N) is 2. The van der Waals surface area contributed by atoms with Crippen molar-refractivity contribution in [1.29, 1.82) is 0 Å². The highest BCUT2D eigenvalue weighted by atomic mass is 16.6. The molecule has 1 amide bonds. The molecule has 1 N–H and O–H groups in total. The lowest BCUT2D eigenvalue weighted by molar-refractivity contribution is -0.386. The molecule has 28 heavy (non-hydrogen) atoms. The standard InChI is InChI=1S/C20H18N2O6/c1-28-18-12-13(11-16(20(18)25)22(26)27)4-9-17(23)14-5-7-15(8-6-14)21-10-2-3-19(21)24/h4-9,11-12,25H,2-3,10H2,1H3/b9-4+. The number of ether oxygens (including phenoxy) is 1. The van der Waals surface area contributed by atoms with E-state index >= 15 is 0 Å². The number of nitro groups is 1. The lowest BCUT2D eigenvalue weighted by Crippen LogP contribution is -2.23. The fraction of sp³-hybridized carbons (Fsp3) is 0.200.